The van der Waals surface area contributed by atoms with Gasteiger partial charge in [0.2, 0.25) is 0 Å². The van der Waals surface area contributed by atoms with Crippen molar-refractivity contribution in [2.24, 2.45) is 0 Å². The predicted octanol–water partition coefficient (Wildman–Crippen LogP) is 4.52. The number of anilines is 1. The molecule has 0 fully saturated rings. The number of aryl methyl sites for hydroxylation is 1. The van der Waals surface area contributed by atoms with E-state index in [2.05, 4.69) is 10.3 Å². The van der Waals surface area contributed by atoms with Crippen molar-refractivity contribution in [2.45, 2.75) is 13.5 Å². The molecule has 4 nitrogen and oxygen atoms in total. The lowest BCUT2D eigenvalue weighted by Gasteiger charge is -2.12. The molecule has 0 radical (unpaired) electrons. The zero-order valence-corrected chi connectivity index (χ0v) is 14.4. The molecule has 0 saturated heterocycles. The highest BCUT2D eigenvalue weighted by Gasteiger charge is 2.13. The number of amides is 1. The van der Waals surface area contributed by atoms with Gasteiger partial charge in [-0.1, -0.05) is 18.2 Å². The number of carbonyl (C=O) groups is 1. The second-order valence-corrected chi connectivity index (χ2v) is 6.17. The van der Waals surface area contributed by atoms with Crippen molar-refractivity contribution in [3.63, 3.8) is 0 Å². The summed E-state index contributed by atoms with van der Waals surface area (Å²) in [5.41, 5.74) is 4.92. The molecule has 0 spiro atoms. The van der Waals surface area contributed by atoms with Crippen LogP contribution in [0.2, 0.25) is 0 Å². The summed E-state index contributed by atoms with van der Waals surface area (Å²) in [6.45, 7) is 2.30. The Kier molecular flexibility index (Phi) is 5.03. The predicted molar refractivity (Wildman–Crippen MR) is 97.4 cm³/mol. The SMILES string of the molecule is COCc1ccccc1NC(=O)c1ccc(-c2ccsc2)nc1C. The van der Waals surface area contributed by atoms with E-state index in [0.717, 1.165) is 22.5 Å². The molecular weight excluding hydrogens is 320 g/mol. The lowest BCUT2D eigenvalue weighted by atomic mass is 10.1. The Hall–Kier alpha value is -2.50. The second-order valence-electron chi connectivity index (χ2n) is 5.39. The van der Waals surface area contributed by atoms with Crippen molar-refractivity contribution in [1.82, 2.24) is 4.98 Å². The Bertz CT molecular complexity index is 844. The Labute approximate surface area is 145 Å². The fourth-order valence-corrected chi connectivity index (χ4v) is 3.13. The molecule has 2 aromatic heterocycles. The van der Waals surface area contributed by atoms with E-state index in [0.29, 0.717) is 17.9 Å². The number of thiophene rings is 1. The van der Waals surface area contributed by atoms with Crippen molar-refractivity contribution in [3.05, 3.63) is 70.0 Å². The van der Waals surface area contributed by atoms with Crippen LogP contribution in [0.4, 0.5) is 5.69 Å². The molecule has 1 aromatic carbocycles. The molecule has 1 N–H and O–H groups in total. The summed E-state index contributed by atoms with van der Waals surface area (Å²) in [6.07, 6.45) is 0. The normalized spacial score (nSPS) is 10.6. The lowest BCUT2D eigenvalue weighted by molar-refractivity contribution is 0.102. The van der Waals surface area contributed by atoms with Crippen LogP contribution in [-0.2, 0) is 11.3 Å². The van der Waals surface area contributed by atoms with Crippen LogP contribution in [0.15, 0.2) is 53.2 Å². The van der Waals surface area contributed by atoms with Gasteiger partial charge in [0.05, 0.1) is 23.6 Å². The van der Waals surface area contributed by atoms with Gasteiger partial charge in [0.1, 0.15) is 0 Å². The first-order chi connectivity index (χ1) is 11.7. The van der Waals surface area contributed by atoms with E-state index in [1.807, 2.05) is 60.1 Å². The summed E-state index contributed by atoms with van der Waals surface area (Å²) < 4.78 is 5.17. The number of aromatic nitrogens is 1. The van der Waals surface area contributed by atoms with E-state index >= 15 is 0 Å². The number of rotatable bonds is 5. The van der Waals surface area contributed by atoms with Crippen LogP contribution >= 0.6 is 11.3 Å². The zero-order chi connectivity index (χ0) is 16.9. The van der Waals surface area contributed by atoms with Crippen molar-refractivity contribution in [2.75, 3.05) is 12.4 Å². The van der Waals surface area contributed by atoms with E-state index in [1.54, 1.807) is 18.4 Å². The molecular formula is C19H18N2O2S. The van der Waals surface area contributed by atoms with Crippen LogP contribution < -0.4 is 5.32 Å². The van der Waals surface area contributed by atoms with Gasteiger partial charge in [0, 0.05) is 29.3 Å². The van der Waals surface area contributed by atoms with E-state index in [-0.39, 0.29) is 5.91 Å². The number of methoxy groups -OCH3 is 1. The molecule has 0 unspecified atom stereocenters. The van der Waals surface area contributed by atoms with Gasteiger partial charge in [-0.25, -0.2) is 0 Å². The minimum atomic E-state index is -0.166. The van der Waals surface area contributed by atoms with Crippen LogP contribution in [-0.4, -0.2) is 18.0 Å². The molecule has 0 aliphatic carbocycles. The maximum Gasteiger partial charge on any atom is 0.257 e. The molecule has 0 aliphatic rings. The third-order valence-electron chi connectivity index (χ3n) is 3.71. The van der Waals surface area contributed by atoms with Crippen LogP contribution in [0.25, 0.3) is 11.3 Å². The summed E-state index contributed by atoms with van der Waals surface area (Å²) in [6, 6.07) is 13.3. The monoisotopic (exact) mass is 338 g/mol. The highest BCUT2D eigenvalue weighted by molar-refractivity contribution is 7.08. The first kappa shape index (κ1) is 16.4. The van der Waals surface area contributed by atoms with Crippen LogP contribution in [0, 0.1) is 6.92 Å². The first-order valence-electron chi connectivity index (χ1n) is 7.57. The zero-order valence-electron chi connectivity index (χ0n) is 13.6. The summed E-state index contributed by atoms with van der Waals surface area (Å²) in [4.78, 5) is 17.2. The number of ether oxygens (including phenoxy) is 1. The Morgan fingerprint density at radius 1 is 1.21 bits per heavy atom. The molecule has 1 amide bonds. The maximum atomic E-state index is 12.6. The largest absolute Gasteiger partial charge is 0.380 e. The third kappa shape index (κ3) is 3.53. The molecule has 5 heteroatoms. The Balaban J connectivity index is 1.83. The van der Waals surface area contributed by atoms with Gasteiger partial charge in [-0.15, -0.1) is 0 Å². The van der Waals surface area contributed by atoms with E-state index in [9.17, 15) is 4.79 Å². The molecule has 2 heterocycles. The summed E-state index contributed by atoms with van der Waals surface area (Å²) in [5.74, 6) is -0.166. The number of benzene rings is 1. The lowest BCUT2D eigenvalue weighted by Crippen LogP contribution is -2.15. The van der Waals surface area contributed by atoms with Gasteiger partial charge in [-0.3, -0.25) is 9.78 Å². The number of hydrogen-bond donors (Lipinski definition) is 1. The summed E-state index contributed by atoms with van der Waals surface area (Å²) in [5, 5.41) is 7.01. The molecule has 0 saturated carbocycles. The molecule has 0 atom stereocenters. The van der Waals surface area contributed by atoms with Gasteiger partial charge < -0.3 is 10.1 Å². The minimum Gasteiger partial charge on any atom is -0.380 e. The van der Waals surface area contributed by atoms with Gasteiger partial charge >= 0.3 is 0 Å². The van der Waals surface area contributed by atoms with E-state index < -0.39 is 0 Å². The average molecular weight is 338 g/mol. The fraction of sp³-hybridized carbons (Fsp3) is 0.158. The van der Waals surface area contributed by atoms with Gasteiger partial charge in [-0.2, -0.15) is 11.3 Å². The van der Waals surface area contributed by atoms with Crippen molar-refractivity contribution >= 4 is 22.9 Å². The van der Waals surface area contributed by atoms with Crippen molar-refractivity contribution in [3.8, 4) is 11.3 Å². The van der Waals surface area contributed by atoms with Crippen molar-refractivity contribution < 1.29 is 9.53 Å². The molecule has 0 aliphatic heterocycles. The maximum absolute atomic E-state index is 12.6. The molecule has 24 heavy (non-hydrogen) atoms. The number of nitrogens with zero attached hydrogens (tertiary/aromatic N) is 1. The minimum absolute atomic E-state index is 0.166. The number of nitrogens with one attached hydrogen (secondary N) is 1. The van der Waals surface area contributed by atoms with Crippen LogP contribution in [0.1, 0.15) is 21.6 Å². The molecule has 0 bridgehead atoms. The summed E-state index contributed by atoms with van der Waals surface area (Å²) >= 11 is 1.63. The number of hydrogen-bond acceptors (Lipinski definition) is 4. The number of carbonyl (C=O) groups excluding carboxylic acids is 1. The molecule has 3 aromatic rings. The quantitative estimate of drug-likeness (QED) is 0.744. The Morgan fingerprint density at radius 2 is 2.04 bits per heavy atom. The number of para-hydroxylation sites is 1. The smallest absolute Gasteiger partial charge is 0.257 e. The van der Waals surface area contributed by atoms with Crippen LogP contribution in [0.5, 0.6) is 0 Å². The van der Waals surface area contributed by atoms with E-state index in [1.165, 1.54) is 0 Å². The summed E-state index contributed by atoms with van der Waals surface area (Å²) in [7, 11) is 1.63. The number of pyridine rings is 1. The van der Waals surface area contributed by atoms with Gasteiger partial charge in [0.25, 0.3) is 5.91 Å². The van der Waals surface area contributed by atoms with Crippen LogP contribution in [0.3, 0.4) is 0 Å². The second kappa shape index (κ2) is 7.38. The topological polar surface area (TPSA) is 51.2 Å². The van der Waals surface area contributed by atoms with Gasteiger partial charge in [-0.05, 0) is 36.6 Å². The standard InChI is InChI=1S/C19H18N2O2S/c1-13-16(7-8-18(20-13)15-9-10-24-12-15)19(22)21-17-6-4-3-5-14(17)11-23-2/h3-10,12H,11H2,1-2H3,(H,21,22). The highest BCUT2D eigenvalue weighted by atomic mass is 32.1. The third-order valence-corrected chi connectivity index (χ3v) is 4.40. The Morgan fingerprint density at radius 3 is 2.75 bits per heavy atom. The van der Waals surface area contributed by atoms with Gasteiger partial charge in [0.15, 0.2) is 0 Å². The first-order valence-corrected chi connectivity index (χ1v) is 8.51. The highest BCUT2D eigenvalue weighted by Crippen LogP contribution is 2.22. The molecule has 3 rings (SSSR count). The van der Waals surface area contributed by atoms with Crippen molar-refractivity contribution in [1.29, 1.82) is 0 Å². The fourth-order valence-electron chi connectivity index (χ4n) is 2.49. The molecule has 122 valence electrons. The van der Waals surface area contributed by atoms with E-state index in [4.69, 9.17) is 4.74 Å². The average Bonchev–Trinajstić information content (AvgIpc) is 3.11.